The molecule has 0 saturated carbocycles. The molecule has 2 rings (SSSR count). The van der Waals surface area contributed by atoms with E-state index in [0.29, 0.717) is 0 Å². The summed E-state index contributed by atoms with van der Waals surface area (Å²) in [6, 6.07) is 12.8. The lowest BCUT2D eigenvalue weighted by Gasteiger charge is -2.02. The van der Waals surface area contributed by atoms with Crippen LogP contribution in [0.25, 0.3) is 11.1 Å². The molecule has 18 heavy (non-hydrogen) atoms. The lowest BCUT2D eigenvalue weighted by atomic mass is 10.1. The van der Waals surface area contributed by atoms with Crippen molar-refractivity contribution in [3.63, 3.8) is 0 Å². The van der Waals surface area contributed by atoms with Crippen molar-refractivity contribution in [2.24, 2.45) is 0 Å². The van der Waals surface area contributed by atoms with E-state index in [-0.39, 0.29) is 0 Å². The van der Waals surface area contributed by atoms with E-state index in [4.69, 9.17) is 4.74 Å². The number of hydrogen-bond acceptors (Lipinski definition) is 3. The SMILES string of the molecule is CCOCCNCc1cc(-c2ccccc2)cs1. The smallest absolute Gasteiger partial charge is 0.0590 e. The molecule has 2 aromatic rings. The number of ether oxygens (including phenoxy) is 1. The molecule has 0 aliphatic rings. The van der Waals surface area contributed by atoms with Gasteiger partial charge >= 0.3 is 0 Å². The minimum atomic E-state index is 0.785. The van der Waals surface area contributed by atoms with Crippen molar-refractivity contribution >= 4 is 11.3 Å². The van der Waals surface area contributed by atoms with Crippen molar-refractivity contribution in [3.8, 4) is 11.1 Å². The molecule has 1 aromatic heterocycles. The quantitative estimate of drug-likeness (QED) is 0.770. The monoisotopic (exact) mass is 261 g/mol. The van der Waals surface area contributed by atoms with E-state index in [1.807, 2.05) is 13.0 Å². The topological polar surface area (TPSA) is 21.3 Å². The van der Waals surface area contributed by atoms with Crippen LogP contribution in [0.3, 0.4) is 0 Å². The van der Waals surface area contributed by atoms with Crippen LogP contribution in [0.1, 0.15) is 11.8 Å². The molecule has 1 aromatic carbocycles. The minimum Gasteiger partial charge on any atom is -0.380 e. The van der Waals surface area contributed by atoms with Crippen molar-refractivity contribution in [1.29, 1.82) is 0 Å². The fourth-order valence-corrected chi connectivity index (χ4v) is 2.62. The van der Waals surface area contributed by atoms with Crippen LogP contribution in [-0.4, -0.2) is 19.8 Å². The molecule has 0 amide bonds. The van der Waals surface area contributed by atoms with E-state index in [0.717, 1.165) is 26.3 Å². The maximum atomic E-state index is 5.29. The first-order chi connectivity index (χ1) is 8.90. The van der Waals surface area contributed by atoms with Gasteiger partial charge in [0.2, 0.25) is 0 Å². The highest BCUT2D eigenvalue weighted by molar-refractivity contribution is 7.10. The highest BCUT2D eigenvalue weighted by Gasteiger charge is 2.01. The molecular weight excluding hydrogens is 242 g/mol. The van der Waals surface area contributed by atoms with Gasteiger partial charge in [-0.15, -0.1) is 11.3 Å². The maximum Gasteiger partial charge on any atom is 0.0590 e. The molecular formula is C15H19NOS. The molecule has 0 spiro atoms. The number of benzene rings is 1. The standard InChI is InChI=1S/C15H19NOS/c1-2-17-9-8-16-11-15-10-14(12-18-15)13-6-4-3-5-7-13/h3-7,10,12,16H,2,8-9,11H2,1H3. The van der Waals surface area contributed by atoms with Crippen molar-refractivity contribution in [1.82, 2.24) is 5.32 Å². The van der Waals surface area contributed by atoms with Gasteiger partial charge in [-0.3, -0.25) is 0 Å². The third kappa shape index (κ3) is 3.95. The van der Waals surface area contributed by atoms with Gasteiger partial charge in [0.05, 0.1) is 6.61 Å². The molecule has 1 heterocycles. The van der Waals surface area contributed by atoms with Gasteiger partial charge in [0.1, 0.15) is 0 Å². The number of thiophene rings is 1. The van der Waals surface area contributed by atoms with Gasteiger partial charge in [0, 0.05) is 24.6 Å². The molecule has 1 N–H and O–H groups in total. The summed E-state index contributed by atoms with van der Waals surface area (Å²) in [7, 11) is 0. The highest BCUT2D eigenvalue weighted by atomic mass is 32.1. The average molecular weight is 261 g/mol. The second-order valence-corrected chi connectivity index (χ2v) is 5.04. The van der Waals surface area contributed by atoms with Crippen LogP contribution >= 0.6 is 11.3 Å². The molecule has 2 nitrogen and oxygen atoms in total. The molecule has 0 aliphatic carbocycles. The van der Waals surface area contributed by atoms with Crippen LogP contribution in [0.2, 0.25) is 0 Å². The van der Waals surface area contributed by atoms with Crippen molar-refractivity contribution in [2.75, 3.05) is 19.8 Å². The van der Waals surface area contributed by atoms with Crippen molar-refractivity contribution < 1.29 is 4.74 Å². The first kappa shape index (κ1) is 13.3. The van der Waals surface area contributed by atoms with Crippen LogP contribution in [-0.2, 0) is 11.3 Å². The lowest BCUT2D eigenvalue weighted by molar-refractivity contribution is 0.149. The summed E-state index contributed by atoms with van der Waals surface area (Å²) in [5, 5.41) is 5.60. The van der Waals surface area contributed by atoms with Gasteiger partial charge in [0.25, 0.3) is 0 Å². The van der Waals surface area contributed by atoms with Gasteiger partial charge in [-0.1, -0.05) is 30.3 Å². The Balaban J connectivity index is 1.83. The van der Waals surface area contributed by atoms with Gasteiger partial charge in [-0.05, 0) is 29.5 Å². The summed E-state index contributed by atoms with van der Waals surface area (Å²) in [4.78, 5) is 1.37. The maximum absolute atomic E-state index is 5.29. The Morgan fingerprint density at radius 2 is 2.00 bits per heavy atom. The Morgan fingerprint density at radius 1 is 1.17 bits per heavy atom. The van der Waals surface area contributed by atoms with E-state index >= 15 is 0 Å². The average Bonchev–Trinajstić information content (AvgIpc) is 2.88. The van der Waals surface area contributed by atoms with E-state index in [1.54, 1.807) is 11.3 Å². The van der Waals surface area contributed by atoms with Gasteiger partial charge in [-0.2, -0.15) is 0 Å². The third-order valence-corrected chi connectivity index (χ3v) is 3.62. The van der Waals surface area contributed by atoms with E-state index in [2.05, 4.69) is 41.0 Å². The first-order valence-electron chi connectivity index (χ1n) is 6.31. The summed E-state index contributed by atoms with van der Waals surface area (Å²) in [5.74, 6) is 0. The van der Waals surface area contributed by atoms with Crippen molar-refractivity contribution in [3.05, 3.63) is 46.7 Å². The summed E-state index contributed by atoms with van der Waals surface area (Å²) >= 11 is 1.80. The third-order valence-electron chi connectivity index (χ3n) is 2.69. The fourth-order valence-electron chi connectivity index (χ4n) is 1.76. The molecule has 96 valence electrons. The summed E-state index contributed by atoms with van der Waals surface area (Å²) in [6.07, 6.45) is 0. The Labute approximate surface area is 113 Å². The zero-order valence-electron chi connectivity index (χ0n) is 10.7. The first-order valence-corrected chi connectivity index (χ1v) is 7.19. The highest BCUT2D eigenvalue weighted by Crippen LogP contribution is 2.25. The number of rotatable bonds is 7. The number of nitrogens with one attached hydrogen (secondary N) is 1. The molecule has 0 radical (unpaired) electrons. The summed E-state index contributed by atoms with van der Waals surface area (Å²) in [5.41, 5.74) is 2.59. The molecule has 3 heteroatoms. The van der Waals surface area contributed by atoms with Crippen LogP contribution in [0.5, 0.6) is 0 Å². The predicted molar refractivity (Wildman–Crippen MR) is 78.0 cm³/mol. The zero-order valence-corrected chi connectivity index (χ0v) is 11.5. The molecule has 0 fully saturated rings. The van der Waals surface area contributed by atoms with E-state index < -0.39 is 0 Å². The van der Waals surface area contributed by atoms with Gasteiger partial charge in [-0.25, -0.2) is 0 Å². The van der Waals surface area contributed by atoms with Crippen LogP contribution < -0.4 is 5.32 Å². The van der Waals surface area contributed by atoms with E-state index in [9.17, 15) is 0 Å². The second-order valence-electron chi connectivity index (χ2n) is 4.04. The molecule has 0 aliphatic heterocycles. The molecule has 0 atom stereocenters. The van der Waals surface area contributed by atoms with Gasteiger partial charge < -0.3 is 10.1 Å². The molecule has 0 bridgehead atoms. The Morgan fingerprint density at radius 3 is 2.78 bits per heavy atom. The van der Waals surface area contributed by atoms with Crippen LogP contribution in [0, 0.1) is 0 Å². The van der Waals surface area contributed by atoms with Crippen LogP contribution in [0.15, 0.2) is 41.8 Å². The zero-order chi connectivity index (χ0) is 12.6. The Kier molecular flexibility index (Phi) is 5.39. The van der Waals surface area contributed by atoms with E-state index in [1.165, 1.54) is 16.0 Å². The number of hydrogen-bond donors (Lipinski definition) is 1. The largest absolute Gasteiger partial charge is 0.380 e. The Bertz CT molecular complexity index is 453. The molecule has 0 saturated heterocycles. The van der Waals surface area contributed by atoms with Crippen molar-refractivity contribution in [2.45, 2.75) is 13.5 Å². The minimum absolute atomic E-state index is 0.785. The second kappa shape index (κ2) is 7.31. The fraction of sp³-hybridized carbons (Fsp3) is 0.333. The lowest BCUT2D eigenvalue weighted by Crippen LogP contribution is -2.18. The van der Waals surface area contributed by atoms with Gasteiger partial charge in [0.15, 0.2) is 0 Å². The molecule has 0 unspecified atom stereocenters. The summed E-state index contributed by atoms with van der Waals surface area (Å²) in [6.45, 7) is 5.43. The predicted octanol–water partition coefficient (Wildman–Crippen LogP) is 3.54. The normalized spacial score (nSPS) is 10.7. The van der Waals surface area contributed by atoms with Crippen LogP contribution in [0.4, 0.5) is 0 Å². The Hall–Kier alpha value is -1.16. The summed E-state index contributed by atoms with van der Waals surface area (Å²) < 4.78 is 5.29.